The SMILES string of the molecule is Cc1cnc(-c2ccc(O)cc2C)o1. The van der Waals surface area contributed by atoms with Crippen LogP contribution in [0, 0.1) is 13.8 Å². The minimum atomic E-state index is 0.259. The molecule has 0 amide bonds. The molecule has 1 aromatic carbocycles. The predicted molar refractivity (Wildman–Crippen MR) is 53.1 cm³/mol. The second-order valence-corrected chi connectivity index (χ2v) is 3.28. The fourth-order valence-corrected chi connectivity index (χ4v) is 1.37. The first-order valence-electron chi connectivity index (χ1n) is 4.39. The van der Waals surface area contributed by atoms with Gasteiger partial charge in [-0.25, -0.2) is 4.98 Å². The van der Waals surface area contributed by atoms with Gasteiger partial charge in [0, 0.05) is 5.56 Å². The van der Waals surface area contributed by atoms with Crippen LogP contribution in [0.25, 0.3) is 11.5 Å². The molecule has 2 rings (SSSR count). The van der Waals surface area contributed by atoms with Crippen LogP contribution in [0.15, 0.2) is 28.8 Å². The van der Waals surface area contributed by atoms with Crippen LogP contribution in [0.2, 0.25) is 0 Å². The Bertz CT molecular complexity index is 460. The molecule has 0 fully saturated rings. The van der Waals surface area contributed by atoms with Crippen molar-refractivity contribution in [1.82, 2.24) is 4.98 Å². The number of aromatic hydroxyl groups is 1. The van der Waals surface area contributed by atoms with E-state index in [9.17, 15) is 5.11 Å². The number of aromatic nitrogens is 1. The first kappa shape index (κ1) is 8.81. The lowest BCUT2D eigenvalue weighted by Crippen LogP contribution is -1.82. The lowest BCUT2D eigenvalue weighted by atomic mass is 10.1. The number of phenolic OH excluding ortho intramolecular Hbond substituents is 1. The number of nitrogens with zero attached hydrogens (tertiary/aromatic N) is 1. The van der Waals surface area contributed by atoms with Crippen molar-refractivity contribution < 1.29 is 9.52 Å². The van der Waals surface area contributed by atoms with Gasteiger partial charge in [0.05, 0.1) is 6.20 Å². The standard InChI is InChI=1S/C11H11NO2/c1-7-5-9(13)3-4-10(7)11-12-6-8(2)14-11/h3-6,13H,1-2H3. The van der Waals surface area contributed by atoms with E-state index in [1.54, 1.807) is 24.4 Å². The number of oxazole rings is 1. The van der Waals surface area contributed by atoms with Gasteiger partial charge in [0.25, 0.3) is 0 Å². The zero-order chi connectivity index (χ0) is 10.1. The molecule has 3 heteroatoms. The van der Waals surface area contributed by atoms with E-state index in [0.717, 1.165) is 16.9 Å². The van der Waals surface area contributed by atoms with E-state index in [1.807, 2.05) is 13.8 Å². The summed E-state index contributed by atoms with van der Waals surface area (Å²) >= 11 is 0. The number of aryl methyl sites for hydroxylation is 2. The largest absolute Gasteiger partial charge is 0.508 e. The normalized spacial score (nSPS) is 10.4. The number of rotatable bonds is 1. The molecule has 72 valence electrons. The van der Waals surface area contributed by atoms with Crippen molar-refractivity contribution in [2.24, 2.45) is 0 Å². The van der Waals surface area contributed by atoms with Crippen molar-refractivity contribution in [3.05, 3.63) is 35.7 Å². The van der Waals surface area contributed by atoms with Gasteiger partial charge >= 0.3 is 0 Å². The third-order valence-electron chi connectivity index (χ3n) is 2.06. The van der Waals surface area contributed by atoms with Crippen LogP contribution in [0.3, 0.4) is 0 Å². The van der Waals surface area contributed by atoms with E-state index in [2.05, 4.69) is 4.98 Å². The van der Waals surface area contributed by atoms with E-state index < -0.39 is 0 Å². The monoisotopic (exact) mass is 189 g/mol. The summed E-state index contributed by atoms with van der Waals surface area (Å²) in [6.07, 6.45) is 1.68. The van der Waals surface area contributed by atoms with Crippen molar-refractivity contribution in [2.45, 2.75) is 13.8 Å². The molecule has 0 spiro atoms. The molecule has 2 aromatic rings. The van der Waals surface area contributed by atoms with Crippen LogP contribution in [-0.2, 0) is 0 Å². The van der Waals surface area contributed by atoms with Gasteiger partial charge in [-0.3, -0.25) is 0 Å². The molecule has 0 saturated heterocycles. The maximum absolute atomic E-state index is 9.24. The molecule has 0 aliphatic carbocycles. The summed E-state index contributed by atoms with van der Waals surface area (Å²) in [6, 6.07) is 5.12. The molecule has 0 atom stereocenters. The number of hydrogen-bond acceptors (Lipinski definition) is 3. The number of benzene rings is 1. The van der Waals surface area contributed by atoms with E-state index in [1.165, 1.54) is 0 Å². The van der Waals surface area contributed by atoms with Crippen molar-refractivity contribution in [3.63, 3.8) is 0 Å². The minimum absolute atomic E-state index is 0.259. The van der Waals surface area contributed by atoms with Crippen LogP contribution in [-0.4, -0.2) is 10.1 Å². The van der Waals surface area contributed by atoms with Crippen LogP contribution >= 0.6 is 0 Å². The summed E-state index contributed by atoms with van der Waals surface area (Å²) in [5, 5.41) is 9.24. The third kappa shape index (κ3) is 1.48. The molecular formula is C11H11NO2. The number of hydrogen-bond donors (Lipinski definition) is 1. The highest BCUT2D eigenvalue weighted by atomic mass is 16.4. The molecule has 3 nitrogen and oxygen atoms in total. The molecule has 14 heavy (non-hydrogen) atoms. The Morgan fingerprint density at radius 3 is 2.64 bits per heavy atom. The second kappa shape index (κ2) is 3.18. The van der Waals surface area contributed by atoms with Gasteiger partial charge in [-0.1, -0.05) is 0 Å². The quantitative estimate of drug-likeness (QED) is 0.750. The molecule has 0 aliphatic heterocycles. The molecular weight excluding hydrogens is 178 g/mol. The molecule has 1 aromatic heterocycles. The fraction of sp³-hybridized carbons (Fsp3) is 0.182. The van der Waals surface area contributed by atoms with Crippen LogP contribution in [0.5, 0.6) is 5.75 Å². The zero-order valence-corrected chi connectivity index (χ0v) is 8.11. The highest BCUT2D eigenvalue weighted by Gasteiger charge is 2.07. The van der Waals surface area contributed by atoms with Gasteiger partial charge in [-0.2, -0.15) is 0 Å². The summed E-state index contributed by atoms with van der Waals surface area (Å²) in [4.78, 5) is 4.13. The van der Waals surface area contributed by atoms with Crippen LogP contribution in [0.4, 0.5) is 0 Å². The fourth-order valence-electron chi connectivity index (χ4n) is 1.37. The Morgan fingerprint density at radius 1 is 1.29 bits per heavy atom. The first-order chi connectivity index (χ1) is 6.66. The lowest BCUT2D eigenvalue weighted by Gasteiger charge is -2.01. The van der Waals surface area contributed by atoms with Crippen LogP contribution in [0.1, 0.15) is 11.3 Å². The van der Waals surface area contributed by atoms with Crippen molar-refractivity contribution in [2.75, 3.05) is 0 Å². The Balaban J connectivity index is 2.52. The van der Waals surface area contributed by atoms with Gasteiger partial charge < -0.3 is 9.52 Å². The highest BCUT2D eigenvalue weighted by Crippen LogP contribution is 2.25. The summed E-state index contributed by atoms with van der Waals surface area (Å²) in [5.74, 6) is 1.64. The molecule has 0 unspecified atom stereocenters. The third-order valence-corrected chi connectivity index (χ3v) is 2.06. The van der Waals surface area contributed by atoms with Gasteiger partial charge in [0.15, 0.2) is 0 Å². The second-order valence-electron chi connectivity index (χ2n) is 3.28. The maximum atomic E-state index is 9.24. The molecule has 1 N–H and O–H groups in total. The Kier molecular flexibility index (Phi) is 2.00. The predicted octanol–water partition coefficient (Wildman–Crippen LogP) is 2.66. The molecule has 0 saturated carbocycles. The summed E-state index contributed by atoms with van der Waals surface area (Å²) < 4.78 is 5.40. The van der Waals surface area contributed by atoms with E-state index in [4.69, 9.17) is 4.42 Å². The average molecular weight is 189 g/mol. The molecule has 0 aliphatic rings. The maximum Gasteiger partial charge on any atom is 0.226 e. The Labute approximate surface area is 82.0 Å². The average Bonchev–Trinajstić information content (AvgIpc) is 2.51. The highest BCUT2D eigenvalue weighted by molar-refractivity contribution is 5.59. The van der Waals surface area contributed by atoms with Crippen LogP contribution < -0.4 is 0 Å². The number of phenols is 1. The van der Waals surface area contributed by atoms with E-state index >= 15 is 0 Å². The Hall–Kier alpha value is -1.77. The van der Waals surface area contributed by atoms with Gasteiger partial charge in [0.1, 0.15) is 11.5 Å². The summed E-state index contributed by atoms with van der Waals surface area (Å²) in [5.41, 5.74) is 1.86. The zero-order valence-electron chi connectivity index (χ0n) is 8.11. The summed E-state index contributed by atoms with van der Waals surface area (Å²) in [7, 11) is 0. The Morgan fingerprint density at radius 2 is 2.07 bits per heavy atom. The van der Waals surface area contributed by atoms with Gasteiger partial charge in [0.2, 0.25) is 5.89 Å². The smallest absolute Gasteiger partial charge is 0.226 e. The van der Waals surface area contributed by atoms with Crippen molar-refractivity contribution in [3.8, 4) is 17.2 Å². The van der Waals surface area contributed by atoms with E-state index in [-0.39, 0.29) is 5.75 Å². The van der Waals surface area contributed by atoms with E-state index in [0.29, 0.717) is 5.89 Å². The molecule has 1 heterocycles. The first-order valence-corrected chi connectivity index (χ1v) is 4.39. The topological polar surface area (TPSA) is 46.3 Å². The minimum Gasteiger partial charge on any atom is -0.508 e. The van der Waals surface area contributed by atoms with Gasteiger partial charge in [-0.15, -0.1) is 0 Å². The molecule has 0 bridgehead atoms. The summed E-state index contributed by atoms with van der Waals surface area (Å²) in [6.45, 7) is 3.76. The van der Waals surface area contributed by atoms with Crippen molar-refractivity contribution >= 4 is 0 Å². The molecule has 0 radical (unpaired) electrons. The lowest BCUT2D eigenvalue weighted by molar-refractivity contribution is 0.475. The van der Waals surface area contributed by atoms with Gasteiger partial charge in [-0.05, 0) is 37.6 Å². The van der Waals surface area contributed by atoms with Crippen molar-refractivity contribution in [1.29, 1.82) is 0 Å².